The van der Waals surface area contributed by atoms with Gasteiger partial charge in [0.15, 0.2) is 0 Å². The molecule has 2 aromatic carbocycles. The number of hydrogen-bond donors (Lipinski definition) is 0. The summed E-state index contributed by atoms with van der Waals surface area (Å²) in [6.45, 7) is 62.3. The van der Waals surface area contributed by atoms with Crippen LogP contribution in [-0.4, -0.2) is 9.52 Å². The van der Waals surface area contributed by atoms with E-state index in [2.05, 4.69) is 178 Å². The molecule has 57 heavy (non-hydrogen) atoms. The van der Waals surface area contributed by atoms with Crippen molar-refractivity contribution in [3.8, 4) is 0 Å². The van der Waals surface area contributed by atoms with Gasteiger partial charge in [-0.05, 0) is 139 Å². The van der Waals surface area contributed by atoms with Gasteiger partial charge in [-0.1, -0.05) is 189 Å². The molecule has 0 N–H and O–H groups in total. The van der Waals surface area contributed by atoms with Gasteiger partial charge in [0, 0.05) is 21.7 Å². The van der Waals surface area contributed by atoms with Crippen molar-refractivity contribution in [3.05, 3.63) is 56.6 Å². The van der Waals surface area contributed by atoms with E-state index in [0.29, 0.717) is 56.9 Å². The highest BCUT2D eigenvalue weighted by Gasteiger charge is 2.61. The van der Waals surface area contributed by atoms with E-state index in [-0.39, 0.29) is 43.3 Å². The lowest BCUT2D eigenvalue weighted by Gasteiger charge is -2.46. The Morgan fingerprint density at radius 1 is 0.316 bits per heavy atom. The zero-order valence-electron chi connectivity index (χ0n) is 42.1. The van der Waals surface area contributed by atoms with Gasteiger partial charge in [0.2, 0.25) is 0 Å². The summed E-state index contributed by atoms with van der Waals surface area (Å²) in [6.07, 6.45) is 4.99. The monoisotopic (exact) mass is 791 g/mol. The van der Waals surface area contributed by atoms with Crippen molar-refractivity contribution in [2.24, 2.45) is 47.3 Å². The maximum Gasteiger partial charge on any atom is 0.123 e. The minimum atomic E-state index is 0.124. The van der Waals surface area contributed by atoms with Crippen LogP contribution in [0.5, 0.6) is 0 Å². The van der Waals surface area contributed by atoms with Crippen molar-refractivity contribution in [1.82, 2.24) is 0 Å². The third-order valence-electron chi connectivity index (χ3n) is 18.9. The summed E-state index contributed by atoms with van der Waals surface area (Å²) in [7, 11) is 0.658. The van der Waals surface area contributed by atoms with Crippen LogP contribution in [0.25, 0.3) is 0 Å². The first-order chi connectivity index (χ1) is 25.8. The highest BCUT2D eigenvalue weighted by atomic mass is 28.2. The largest absolute Gasteiger partial charge is 0.123 e. The molecule has 0 amide bonds. The molecule has 0 nitrogen and oxygen atoms in total. The van der Waals surface area contributed by atoms with Gasteiger partial charge < -0.3 is 0 Å². The van der Waals surface area contributed by atoms with Crippen LogP contribution in [0.2, 0.25) is 0 Å². The molecule has 0 aromatic heterocycles. The van der Waals surface area contributed by atoms with Gasteiger partial charge in [0.25, 0.3) is 0 Å². The van der Waals surface area contributed by atoms with E-state index < -0.39 is 0 Å². The molecule has 0 aliphatic heterocycles. The first-order valence-corrected chi connectivity index (χ1v) is 25.0. The van der Waals surface area contributed by atoms with E-state index in [1.165, 1.54) is 25.7 Å². The van der Waals surface area contributed by atoms with Crippen molar-refractivity contribution >= 4 is 19.9 Å². The summed E-state index contributed by atoms with van der Waals surface area (Å²) in [6, 6.07) is 5.67. The summed E-state index contributed by atoms with van der Waals surface area (Å²) in [5, 5.41) is 3.63. The van der Waals surface area contributed by atoms with Crippen molar-refractivity contribution < 1.29 is 0 Å². The van der Waals surface area contributed by atoms with Crippen molar-refractivity contribution in [1.29, 1.82) is 0 Å². The second-order valence-electron chi connectivity index (χ2n) is 26.0. The van der Waals surface area contributed by atoms with Crippen molar-refractivity contribution in [2.45, 2.75) is 235 Å². The van der Waals surface area contributed by atoms with Crippen LogP contribution in [0.3, 0.4) is 0 Å². The van der Waals surface area contributed by atoms with Crippen LogP contribution in [0, 0.1) is 47.3 Å². The Hall–Kier alpha value is -1.34. The van der Waals surface area contributed by atoms with E-state index in [4.69, 9.17) is 0 Å². The van der Waals surface area contributed by atoms with Crippen LogP contribution in [0.4, 0.5) is 0 Å². The number of hydrogen-bond acceptors (Lipinski definition) is 0. The normalized spacial score (nSPS) is 23.9. The van der Waals surface area contributed by atoms with Crippen molar-refractivity contribution in [3.63, 3.8) is 0 Å². The zero-order valence-corrected chi connectivity index (χ0v) is 43.1. The molecule has 4 aliphatic rings. The summed E-state index contributed by atoms with van der Waals surface area (Å²) in [4.78, 5) is 0. The molecule has 0 saturated heterocycles. The molecule has 0 heterocycles. The molecule has 2 radical (unpaired) electrons. The molecular formula is C56H90Si. The van der Waals surface area contributed by atoms with Crippen LogP contribution in [0.1, 0.15) is 236 Å². The summed E-state index contributed by atoms with van der Waals surface area (Å²) in [5.74, 6) is 4.46. The highest BCUT2D eigenvalue weighted by molar-refractivity contribution is 6.69. The fourth-order valence-corrected chi connectivity index (χ4v) is 18.3. The van der Waals surface area contributed by atoms with Gasteiger partial charge in [-0.15, -0.1) is 0 Å². The Labute approximate surface area is 357 Å². The summed E-state index contributed by atoms with van der Waals surface area (Å²) < 4.78 is 0. The topological polar surface area (TPSA) is 0 Å². The molecule has 0 atom stereocenters. The van der Waals surface area contributed by atoms with E-state index >= 15 is 0 Å². The minimum absolute atomic E-state index is 0.124. The molecule has 6 rings (SSSR count). The quantitative estimate of drug-likeness (QED) is 0.210. The molecule has 0 spiro atoms. The van der Waals surface area contributed by atoms with E-state index in [9.17, 15) is 0 Å². The number of benzene rings is 2. The average molecular weight is 791 g/mol. The first-order valence-electron chi connectivity index (χ1n) is 24.0. The fraction of sp³-hybridized carbons (Fsp3) is 0.786. The Morgan fingerprint density at radius 2 is 0.474 bits per heavy atom. The Morgan fingerprint density at radius 3 is 0.614 bits per heavy atom. The molecular weight excluding hydrogens is 701 g/mol. The third kappa shape index (κ3) is 5.73. The van der Waals surface area contributed by atoms with Gasteiger partial charge in [-0.3, -0.25) is 0 Å². The third-order valence-corrected chi connectivity index (χ3v) is 20.4. The maximum atomic E-state index is 2.84. The van der Waals surface area contributed by atoms with Gasteiger partial charge in [-0.25, -0.2) is 0 Å². The standard InChI is InChI=1S/C56H90Si/c1-31(2)53(32(3)4)27-49(17,18)39-25-40-44(54(33(5)6,34(7)8)28-50(40,19)20)47(43(39)53)57-48-45-41(51(21,22)29-55(45,35(9)10)36(11)12)26-42-46(48)56(37(13)14,38(15)16)30-52(42,23)24/h25-26,31-38H,27-30H2,1-24H3. The van der Waals surface area contributed by atoms with E-state index in [1.807, 2.05) is 10.4 Å². The van der Waals surface area contributed by atoms with Gasteiger partial charge in [-0.2, -0.15) is 0 Å². The SMILES string of the molecule is CC(C)C1(C(C)C)CC(C)(C)c2cc3c(c([Si]c4c5c(cc6c4C(C(C)C)(C(C)C)CC6(C)C)C(C)(C)CC5(C(C)C)C(C)C)c21)C(C(C)C)(C(C)C)CC3(C)C. The van der Waals surface area contributed by atoms with Crippen LogP contribution in [0.15, 0.2) is 12.1 Å². The molecule has 0 fully saturated rings. The molecule has 0 bridgehead atoms. The molecule has 318 valence electrons. The van der Waals surface area contributed by atoms with E-state index in [0.717, 1.165) is 0 Å². The van der Waals surface area contributed by atoms with E-state index in [1.54, 1.807) is 44.5 Å². The summed E-state index contributed by atoms with van der Waals surface area (Å²) in [5.41, 5.74) is 15.0. The highest BCUT2D eigenvalue weighted by Crippen LogP contribution is 2.64. The molecule has 0 saturated carbocycles. The smallest absolute Gasteiger partial charge is 0.0619 e. The Kier molecular flexibility index (Phi) is 10.8. The predicted molar refractivity (Wildman–Crippen MR) is 254 cm³/mol. The average Bonchev–Trinajstić information content (AvgIpc) is 3.66. The van der Waals surface area contributed by atoms with Crippen LogP contribution < -0.4 is 10.4 Å². The second kappa shape index (κ2) is 13.6. The molecule has 2 aromatic rings. The zero-order chi connectivity index (χ0) is 43.3. The lowest BCUT2D eigenvalue weighted by atomic mass is 9.61. The van der Waals surface area contributed by atoms with Gasteiger partial charge >= 0.3 is 0 Å². The Balaban J connectivity index is 1.96. The van der Waals surface area contributed by atoms with Gasteiger partial charge in [0.05, 0.1) is 0 Å². The molecule has 0 unspecified atom stereocenters. The number of rotatable bonds is 10. The second-order valence-corrected chi connectivity index (χ2v) is 27.2. The lowest BCUT2D eigenvalue weighted by molar-refractivity contribution is 0.186. The lowest BCUT2D eigenvalue weighted by Crippen LogP contribution is -2.52. The minimum Gasteiger partial charge on any atom is -0.0619 e. The van der Waals surface area contributed by atoms with Crippen molar-refractivity contribution in [2.75, 3.05) is 0 Å². The van der Waals surface area contributed by atoms with Crippen LogP contribution in [-0.2, 0) is 43.3 Å². The first kappa shape index (κ1) is 45.2. The predicted octanol–water partition coefficient (Wildman–Crippen LogP) is 14.3. The van der Waals surface area contributed by atoms with Gasteiger partial charge in [0.1, 0.15) is 9.52 Å². The number of fused-ring (bicyclic) bond motifs is 4. The Bertz CT molecular complexity index is 1600. The maximum absolute atomic E-state index is 2.84. The van der Waals surface area contributed by atoms with Crippen LogP contribution >= 0.6 is 0 Å². The summed E-state index contributed by atoms with van der Waals surface area (Å²) >= 11 is 0. The fourth-order valence-electron chi connectivity index (χ4n) is 16.1. The molecule has 4 aliphatic carbocycles. The molecule has 1 heteroatoms.